The highest BCUT2D eigenvalue weighted by Gasteiger charge is 2.10. The monoisotopic (exact) mass is 288 g/mol. The smallest absolute Gasteiger partial charge is 0.254 e. The van der Waals surface area contributed by atoms with Crippen LogP contribution in [-0.2, 0) is 6.42 Å². The third kappa shape index (κ3) is 3.58. The van der Waals surface area contributed by atoms with Crippen LogP contribution in [0, 0.1) is 13.8 Å². The molecule has 0 spiro atoms. The minimum atomic E-state index is -0.184. The number of amides is 1. The minimum Gasteiger partial charge on any atom is -0.352 e. The van der Waals surface area contributed by atoms with Gasteiger partial charge < -0.3 is 5.32 Å². The van der Waals surface area contributed by atoms with Gasteiger partial charge in [-0.3, -0.25) is 9.78 Å². The van der Waals surface area contributed by atoms with Crippen LogP contribution in [-0.4, -0.2) is 17.4 Å². The van der Waals surface area contributed by atoms with Gasteiger partial charge >= 0.3 is 0 Å². The summed E-state index contributed by atoms with van der Waals surface area (Å²) in [5.41, 5.74) is 3.69. The number of pyridine rings is 1. The molecular formula is C16H17ClN2O. The topological polar surface area (TPSA) is 42.0 Å². The van der Waals surface area contributed by atoms with Crippen molar-refractivity contribution in [3.05, 3.63) is 63.9 Å². The number of aromatic nitrogens is 1. The van der Waals surface area contributed by atoms with Crippen molar-refractivity contribution in [2.24, 2.45) is 0 Å². The van der Waals surface area contributed by atoms with Crippen LogP contribution in [0.2, 0.25) is 5.02 Å². The number of halogens is 1. The van der Waals surface area contributed by atoms with Gasteiger partial charge in [-0.1, -0.05) is 35.9 Å². The number of benzene rings is 1. The Morgan fingerprint density at radius 3 is 2.75 bits per heavy atom. The van der Waals surface area contributed by atoms with E-state index >= 15 is 0 Å². The Bertz CT molecular complexity index is 626. The fraction of sp³-hybridized carbons (Fsp3) is 0.250. The summed E-state index contributed by atoms with van der Waals surface area (Å²) in [5, 5.41) is 3.31. The van der Waals surface area contributed by atoms with Crippen LogP contribution < -0.4 is 5.32 Å². The number of nitrogens with one attached hydrogen (secondary N) is 1. The van der Waals surface area contributed by atoms with Crippen LogP contribution in [0.1, 0.15) is 27.2 Å². The van der Waals surface area contributed by atoms with Gasteiger partial charge in [-0.2, -0.15) is 0 Å². The summed E-state index contributed by atoms with van der Waals surface area (Å²) in [7, 11) is 0. The third-order valence-corrected chi connectivity index (χ3v) is 3.49. The summed E-state index contributed by atoms with van der Waals surface area (Å²) in [6.07, 6.45) is 2.32. The second-order valence-corrected chi connectivity index (χ2v) is 5.15. The molecule has 0 saturated carbocycles. The zero-order valence-electron chi connectivity index (χ0n) is 11.6. The molecule has 0 radical (unpaired) electrons. The molecule has 0 aliphatic rings. The fourth-order valence-corrected chi connectivity index (χ4v) is 2.28. The summed E-state index contributed by atoms with van der Waals surface area (Å²) in [6.45, 7) is 4.48. The molecule has 0 atom stereocenters. The van der Waals surface area contributed by atoms with Gasteiger partial charge in [-0.15, -0.1) is 0 Å². The van der Waals surface area contributed by atoms with Gasteiger partial charge in [0.2, 0.25) is 0 Å². The van der Waals surface area contributed by atoms with Gasteiger partial charge in [-0.05, 0) is 37.5 Å². The SMILES string of the molecule is Cc1cc(Cl)c(C(=O)NCCc2ccccc2C)cn1. The Kier molecular flexibility index (Phi) is 4.74. The Balaban J connectivity index is 1.94. The molecule has 20 heavy (non-hydrogen) atoms. The summed E-state index contributed by atoms with van der Waals surface area (Å²) in [5.74, 6) is -0.184. The van der Waals surface area contributed by atoms with Crippen LogP contribution in [0.3, 0.4) is 0 Å². The van der Waals surface area contributed by atoms with Gasteiger partial charge in [0.25, 0.3) is 5.91 Å². The molecule has 1 N–H and O–H groups in total. The maximum Gasteiger partial charge on any atom is 0.254 e. The van der Waals surface area contributed by atoms with Gasteiger partial charge in [-0.25, -0.2) is 0 Å². The molecule has 1 heterocycles. The largest absolute Gasteiger partial charge is 0.352 e. The molecule has 1 aromatic heterocycles. The number of hydrogen-bond donors (Lipinski definition) is 1. The van der Waals surface area contributed by atoms with Crippen LogP contribution in [0.15, 0.2) is 36.5 Å². The first-order valence-electron chi connectivity index (χ1n) is 6.53. The third-order valence-electron chi connectivity index (χ3n) is 3.18. The molecule has 0 fully saturated rings. The summed E-state index contributed by atoms with van der Waals surface area (Å²) < 4.78 is 0. The Morgan fingerprint density at radius 2 is 2.05 bits per heavy atom. The van der Waals surface area contributed by atoms with Gasteiger partial charge in [0.05, 0.1) is 10.6 Å². The molecule has 0 unspecified atom stereocenters. The molecule has 1 amide bonds. The number of carbonyl (C=O) groups is 1. The van der Waals surface area contributed by atoms with E-state index < -0.39 is 0 Å². The van der Waals surface area contributed by atoms with Crippen LogP contribution in [0.5, 0.6) is 0 Å². The molecule has 0 bridgehead atoms. The lowest BCUT2D eigenvalue weighted by Gasteiger charge is -2.08. The highest BCUT2D eigenvalue weighted by atomic mass is 35.5. The highest BCUT2D eigenvalue weighted by molar-refractivity contribution is 6.33. The van der Waals surface area contributed by atoms with Crippen molar-refractivity contribution < 1.29 is 4.79 Å². The molecule has 2 aromatic rings. The number of aryl methyl sites for hydroxylation is 2. The van der Waals surface area contributed by atoms with Crippen molar-refractivity contribution in [1.82, 2.24) is 10.3 Å². The highest BCUT2D eigenvalue weighted by Crippen LogP contribution is 2.15. The van der Waals surface area contributed by atoms with Crippen molar-refractivity contribution in [2.45, 2.75) is 20.3 Å². The standard InChI is InChI=1S/C16H17ClN2O/c1-11-5-3-4-6-13(11)7-8-18-16(20)14-10-19-12(2)9-15(14)17/h3-6,9-10H,7-8H2,1-2H3,(H,18,20). The molecule has 0 aliphatic carbocycles. The first kappa shape index (κ1) is 14.5. The normalized spacial score (nSPS) is 10.3. The molecule has 2 rings (SSSR count). The van der Waals surface area contributed by atoms with E-state index in [2.05, 4.69) is 29.4 Å². The average molecular weight is 289 g/mol. The zero-order chi connectivity index (χ0) is 14.5. The first-order valence-corrected chi connectivity index (χ1v) is 6.90. The van der Waals surface area contributed by atoms with E-state index in [0.717, 1.165) is 12.1 Å². The van der Waals surface area contributed by atoms with E-state index in [4.69, 9.17) is 11.6 Å². The molecular weight excluding hydrogens is 272 g/mol. The fourth-order valence-electron chi connectivity index (χ4n) is 1.99. The Hall–Kier alpha value is -1.87. The van der Waals surface area contributed by atoms with E-state index in [0.29, 0.717) is 17.1 Å². The lowest BCUT2D eigenvalue weighted by atomic mass is 10.1. The summed E-state index contributed by atoms with van der Waals surface area (Å²) in [6, 6.07) is 9.84. The van der Waals surface area contributed by atoms with Crippen LogP contribution >= 0.6 is 11.6 Å². The first-order chi connectivity index (χ1) is 9.58. The Morgan fingerprint density at radius 1 is 1.30 bits per heavy atom. The van der Waals surface area contributed by atoms with Crippen LogP contribution in [0.4, 0.5) is 0 Å². The second kappa shape index (κ2) is 6.53. The zero-order valence-corrected chi connectivity index (χ0v) is 12.4. The van der Waals surface area contributed by atoms with Gasteiger partial charge in [0.1, 0.15) is 0 Å². The van der Waals surface area contributed by atoms with Crippen molar-refractivity contribution >= 4 is 17.5 Å². The average Bonchev–Trinajstić information content (AvgIpc) is 2.40. The number of carbonyl (C=O) groups excluding carboxylic acids is 1. The molecule has 0 saturated heterocycles. The van der Waals surface area contributed by atoms with Gasteiger partial charge in [0, 0.05) is 18.4 Å². The van der Waals surface area contributed by atoms with Crippen LogP contribution in [0.25, 0.3) is 0 Å². The summed E-state index contributed by atoms with van der Waals surface area (Å²) >= 11 is 6.04. The van der Waals surface area contributed by atoms with E-state index in [1.165, 1.54) is 17.3 Å². The van der Waals surface area contributed by atoms with E-state index in [-0.39, 0.29) is 5.91 Å². The Labute approximate surface area is 124 Å². The molecule has 1 aromatic carbocycles. The van der Waals surface area contributed by atoms with Gasteiger partial charge in [0.15, 0.2) is 0 Å². The lowest BCUT2D eigenvalue weighted by molar-refractivity contribution is 0.0954. The van der Waals surface area contributed by atoms with Crippen molar-refractivity contribution in [2.75, 3.05) is 6.54 Å². The van der Waals surface area contributed by atoms with E-state index in [1.54, 1.807) is 6.07 Å². The molecule has 4 heteroatoms. The lowest BCUT2D eigenvalue weighted by Crippen LogP contribution is -2.26. The quantitative estimate of drug-likeness (QED) is 0.938. The molecule has 3 nitrogen and oxygen atoms in total. The predicted molar refractivity (Wildman–Crippen MR) is 81.2 cm³/mol. The minimum absolute atomic E-state index is 0.184. The summed E-state index contributed by atoms with van der Waals surface area (Å²) in [4.78, 5) is 16.1. The predicted octanol–water partition coefficient (Wildman–Crippen LogP) is 3.32. The molecule has 104 valence electrons. The second-order valence-electron chi connectivity index (χ2n) is 4.74. The van der Waals surface area contributed by atoms with Crippen molar-refractivity contribution in [3.8, 4) is 0 Å². The van der Waals surface area contributed by atoms with E-state index in [9.17, 15) is 4.79 Å². The number of rotatable bonds is 4. The number of nitrogens with zero attached hydrogens (tertiary/aromatic N) is 1. The van der Waals surface area contributed by atoms with Crippen molar-refractivity contribution in [3.63, 3.8) is 0 Å². The van der Waals surface area contributed by atoms with Crippen molar-refractivity contribution in [1.29, 1.82) is 0 Å². The number of hydrogen-bond acceptors (Lipinski definition) is 2. The molecule has 0 aliphatic heterocycles. The maximum atomic E-state index is 12.0. The maximum absolute atomic E-state index is 12.0. The van der Waals surface area contributed by atoms with E-state index in [1.807, 2.05) is 19.1 Å².